The average Bonchev–Trinajstić information content (AvgIpc) is 2.62. The molecule has 130 valence electrons. The van der Waals surface area contributed by atoms with Crippen LogP contribution in [-0.2, 0) is 4.79 Å². The van der Waals surface area contributed by atoms with Crippen molar-refractivity contribution in [3.8, 4) is 5.75 Å². The summed E-state index contributed by atoms with van der Waals surface area (Å²) in [5.41, 5.74) is 3.10. The van der Waals surface area contributed by atoms with Gasteiger partial charge in [0.15, 0.2) is 0 Å². The summed E-state index contributed by atoms with van der Waals surface area (Å²) < 4.78 is 5.00. The summed E-state index contributed by atoms with van der Waals surface area (Å²) in [4.78, 5) is 27.8. The Morgan fingerprint density at radius 1 is 0.920 bits per heavy atom. The molecule has 0 radical (unpaired) electrons. The number of esters is 1. The molecule has 1 saturated heterocycles. The van der Waals surface area contributed by atoms with Crippen LogP contribution >= 0.6 is 0 Å². The van der Waals surface area contributed by atoms with Gasteiger partial charge in [0.2, 0.25) is 0 Å². The van der Waals surface area contributed by atoms with Crippen LogP contribution in [0.5, 0.6) is 5.75 Å². The van der Waals surface area contributed by atoms with Crippen molar-refractivity contribution in [2.24, 2.45) is 0 Å². The van der Waals surface area contributed by atoms with Crippen LogP contribution in [0.15, 0.2) is 48.5 Å². The second-order valence-electron chi connectivity index (χ2n) is 6.18. The molecular formula is C20H22N2O3. The van der Waals surface area contributed by atoms with E-state index in [1.807, 2.05) is 17.0 Å². The van der Waals surface area contributed by atoms with E-state index in [0.717, 1.165) is 13.1 Å². The van der Waals surface area contributed by atoms with Crippen molar-refractivity contribution in [3.05, 3.63) is 59.7 Å². The van der Waals surface area contributed by atoms with Crippen molar-refractivity contribution in [2.75, 3.05) is 31.1 Å². The van der Waals surface area contributed by atoms with Gasteiger partial charge in [0.25, 0.3) is 5.91 Å². The number of anilines is 1. The maximum absolute atomic E-state index is 12.6. The first-order chi connectivity index (χ1) is 12.0. The molecule has 5 heteroatoms. The van der Waals surface area contributed by atoms with Crippen molar-refractivity contribution >= 4 is 17.6 Å². The summed E-state index contributed by atoms with van der Waals surface area (Å²) in [7, 11) is 0. The van der Waals surface area contributed by atoms with Crippen LogP contribution in [0.2, 0.25) is 0 Å². The highest BCUT2D eigenvalue weighted by Crippen LogP contribution is 2.21. The Morgan fingerprint density at radius 2 is 1.56 bits per heavy atom. The third-order valence-corrected chi connectivity index (χ3v) is 4.39. The normalized spacial score (nSPS) is 14.3. The van der Waals surface area contributed by atoms with E-state index >= 15 is 0 Å². The molecule has 1 heterocycles. The van der Waals surface area contributed by atoms with E-state index in [9.17, 15) is 9.59 Å². The Bertz CT molecular complexity index is 763. The van der Waals surface area contributed by atoms with Crippen LogP contribution in [0.1, 0.15) is 22.8 Å². The van der Waals surface area contributed by atoms with Crippen LogP contribution < -0.4 is 9.64 Å². The van der Waals surface area contributed by atoms with E-state index in [0.29, 0.717) is 24.4 Å². The van der Waals surface area contributed by atoms with E-state index in [-0.39, 0.29) is 11.9 Å². The number of ether oxygens (including phenoxy) is 1. The molecule has 1 aliphatic rings. The number of nitrogens with zero attached hydrogens (tertiary/aromatic N) is 2. The lowest BCUT2D eigenvalue weighted by Gasteiger charge is -2.36. The number of carbonyl (C=O) groups excluding carboxylic acids is 2. The minimum atomic E-state index is -0.369. The highest BCUT2D eigenvalue weighted by Gasteiger charge is 2.22. The number of hydrogen-bond acceptors (Lipinski definition) is 4. The third-order valence-electron chi connectivity index (χ3n) is 4.39. The quantitative estimate of drug-likeness (QED) is 0.638. The smallest absolute Gasteiger partial charge is 0.308 e. The molecule has 2 aromatic rings. The topological polar surface area (TPSA) is 49.9 Å². The lowest BCUT2D eigenvalue weighted by atomic mass is 10.1. The zero-order valence-corrected chi connectivity index (χ0v) is 14.6. The summed E-state index contributed by atoms with van der Waals surface area (Å²) in [6.45, 7) is 6.49. The van der Waals surface area contributed by atoms with Gasteiger partial charge < -0.3 is 14.5 Å². The molecule has 1 amide bonds. The predicted molar refractivity (Wildman–Crippen MR) is 97.0 cm³/mol. The van der Waals surface area contributed by atoms with Crippen LogP contribution in [0, 0.1) is 6.92 Å². The minimum absolute atomic E-state index is 0.0128. The number of para-hydroxylation sites is 1. The van der Waals surface area contributed by atoms with Crippen molar-refractivity contribution in [2.45, 2.75) is 13.8 Å². The van der Waals surface area contributed by atoms with Crippen LogP contribution in [-0.4, -0.2) is 43.0 Å². The summed E-state index contributed by atoms with van der Waals surface area (Å²) >= 11 is 0. The Labute approximate surface area is 147 Å². The largest absolute Gasteiger partial charge is 0.427 e. The van der Waals surface area contributed by atoms with E-state index in [1.54, 1.807) is 24.3 Å². The molecule has 1 aliphatic heterocycles. The van der Waals surface area contributed by atoms with Gasteiger partial charge in [-0.1, -0.05) is 18.2 Å². The van der Waals surface area contributed by atoms with Gasteiger partial charge in [-0.2, -0.15) is 0 Å². The SMILES string of the molecule is CC(=O)Oc1ccc(C(=O)N2CCN(c3ccccc3C)CC2)cc1. The first-order valence-corrected chi connectivity index (χ1v) is 8.43. The Hall–Kier alpha value is -2.82. The molecule has 0 unspecified atom stereocenters. The Morgan fingerprint density at radius 3 is 2.16 bits per heavy atom. The van der Waals surface area contributed by atoms with E-state index < -0.39 is 0 Å². The van der Waals surface area contributed by atoms with Gasteiger partial charge in [-0.3, -0.25) is 9.59 Å². The van der Waals surface area contributed by atoms with Crippen LogP contribution in [0.25, 0.3) is 0 Å². The fraction of sp³-hybridized carbons (Fsp3) is 0.300. The zero-order valence-electron chi connectivity index (χ0n) is 14.6. The highest BCUT2D eigenvalue weighted by atomic mass is 16.5. The number of rotatable bonds is 3. The van der Waals surface area contributed by atoms with Crippen molar-refractivity contribution in [3.63, 3.8) is 0 Å². The fourth-order valence-corrected chi connectivity index (χ4v) is 3.08. The number of hydrogen-bond donors (Lipinski definition) is 0. The van der Waals surface area contributed by atoms with Crippen molar-refractivity contribution < 1.29 is 14.3 Å². The van der Waals surface area contributed by atoms with Gasteiger partial charge in [-0.05, 0) is 42.8 Å². The van der Waals surface area contributed by atoms with Crippen molar-refractivity contribution in [1.82, 2.24) is 4.90 Å². The lowest BCUT2D eigenvalue weighted by Crippen LogP contribution is -2.49. The van der Waals surface area contributed by atoms with Gasteiger partial charge in [-0.25, -0.2) is 0 Å². The molecule has 3 rings (SSSR count). The first kappa shape index (κ1) is 17.0. The van der Waals surface area contributed by atoms with E-state index in [4.69, 9.17) is 4.74 Å². The second-order valence-corrected chi connectivity index (χ2v) is 6.18. The summed E-state index contributed by atoms with van der Waals surface area (Å²) in [5.74, 6) is 0.0960. The minimum Gasteiger partial charge on any atom is -0.427 e. The standard InChI is InChI=1S/C20H22N2O3/c1-15-5-3-4-6-19(15)21-11-13-22(14-12-21)20(24)17-7-9-18(10-8-17)25-16(2)23/h3-10H,11-14H2,1-2H3. The maximum atomic E-state index is 12.6. The molecule has 0 N–H and O–H groups in total. The van der Waals surface area contributed by atoms with Crippen molar-refractivity contribution in [1.29, 1.82) is 0 Å². The predicted octanol–water partition coefficient (Wildman–Crippen LogP) is 2.88. The van der Waals surface area contributed by atoms with Gasteiger partial charge in [-0.15, -0.1) is 0 Å². The fourth-order valence-electron chi connectivity index (χ4n) is 3.08. The number of carbonyl (C=O) groups is 2. The van der Waals surface area contributed by atoms with Gasteiger partial charge in [0, 0.05) is 44.4 Å². The molecule has 0 atom stereocenters. The molecule has 0 aliphatic carbocycles. The Kier molecular flexibility index (Phi) is 5.03. The molecule has 5 nitrogen and oxygen atoms in total. The maximum Gasteiger partial charge on any atom is 0.308 e. The molecule has 0 spiro atoms. The first-order valence-electron chi connectivity index (χ1n) is 8.43. The third kappa shape index (κ3) is 3.99. The number of aryl methyl sites for hydroxylation is 1. The molecule has 25 heavy (non-hydrogen) atoms. The average molecular weight is 338 g/mol. The van der Waals surface area contributed by atoms with Crippen LogP contribution in [0.4, 0.5) is 5.69 Å². The summed E-state index contributed by atoms with van der Waals surface area (Å²) in [6.07, 6.45) is 0. The van der Waals surface area contributed by atoms with Crippen LogP contribution in [0.3, 0.4) is 0 Å². The summed E-state index contributed by atoms with van der Waals surface area (Å²) in [5, 5.41) is 0. The molecular weight excluding hydrogens is 316 g/mol. The number of benzene rings is 2. The summed E-state index contributed by atoms with van der Waals surface area (Å²) in [6, 6.07) is 15.0. The number of amides is 1. The molecule has 2 aromatic carbocycles. The second kappa shape index (κ2) is 7.38. The highest BCUT2D eigenvalue weighted by molar-refractivity contribution is 5.94. The molecule has 0 aromatic heterocycles. The number of piperazine rings is 1. The van der Waals surface area contributed by atoms with E-state index in [1.165, 1.54) is 18.2 Å². The van der Waals surface area contributed by atoms with Gasteiger partial charge in [0.1, 0.15) is 5.75 Å². The Balaban J connectivity index is 1.61. The molecule has 0 saturated carbocycles. The van der Waals surface area contributed by atoms with Gasteiger partial charge in [0.05, 0.1) is 0 Å². The zero-order chi connectivity index (χ0) is 17.8. The lowest BCUT2D eigenvalue weighted by molar-refractivity contribution is -0.131. The molecule has 0 bridgehead atoms. The van der Waals surface area contributed by atoms with E-state index in [2.05, 4.69) is 24.0 Å². The monoisotopic (exact) mass is 338 g/mol. The molecule has 1 fully saturated rings. The van der Waals surface area contributed by atoms with Gasteiger partial charge >= 0.3 is 5.97 Å².